The Morgan fingerprint density at radius 2 is 2.00 bits per heavy atom. The topological polar surface area (TPSA) is 59.0 Å². The minimum atomic E-state index is -0.534. The normalized spacial score (nSPS) is 11.7. The maximum atomic E-state index is 13.9. The van der Waals surface area contributed by atoms with Gasteiger partial charge in [0.15, 0.2) is 0 Å². The average Bonchev–Trinajstić information content (AvgIpc) is 2.46. The molecule has 1 atom stereocenters. The molecular weight excluding hydrogens is 255 g/mol. The average molecular weight is 270 g/mol. The van der Waals surface area contributed by atoms with Crippen LogP contribution in [-0.4, -0.2) is 0 Å². The number of benzene rings is 2. The number of para-hydroxylation sites is 1. The molecule has 2 rings (SSSR count). The van der Waals surface area contributed by atoms with E-state index in [1.165, 1.54) is 6.07 Å². The lowest BCUT2D eigenvalue weighted by atomic mass is 10.1. The first kappa shape index (κ1) is 14.0. The third kappa shape index (κ3) is 2.95. The van der Waals surface area contributed by atoms with E-state index in [0.717, 1.165) is 5.56 Å². The summed E-state index contributed by atoms with van der Waals surface area (Å²) >= 11 is 0. The Balaban J connectivity index is 2.20. The Bertz CT molecular complexity index is 647. The van der Waals surface area contributed by atoms with Crippen LogP contribution in [0.15, 0.2) is 42.5 Å². The highest BCUT2D eigenvalue weighted by atomic mass is 19.1. The molecule has 4 heteroatoms. The maximum absolute atomic E-state index is 13.9. The Kier molecular flexibility index (Phi) is 4.34. The lowest BCUT2D eigenvalue weighted by molar-refractivity contribution is 0.295. The van der Waals surface area contributed by atoms with E-state index in [-0.39, 0.29) is 18.2 Å². The molecular formula is C16H15FN2O. The van der Waals surface area contributed by atoms with Crippen LogP contribution >= 0.6 is 0 Å². The molecule has 0 radical (unpaired) electrons. The van der Waals surface area contributed by atoms with Crippen molar-refractivity contribution in [1.82, 2.24) is 0 Å². The number of hydrogen-bond acceptors (Lipinski definition) is 3. The summed E-state index contributed by atoms with van der Waals surface area (Å²) in [6.45, 7) is 1.92. The molecule has 0 saturated heterocycles. The third-order valence-corrected chi connectivity index (χ3v) is 2.99. The molecule has 0 aliphatic carbocycles. The molecule has 1 unspecified atom stereocenters. The standard InChI is InChI=1S/C16H15FN2O/c1-11(19)14-7-2-3-8-15(14)20-10-13-6-4-5-12(9-18)16(13)17/h2-8,11H,10,19H2,1H3. The monoisotopic (exact) mass is 270 g/mol. The van der Waals surface area contributed by atoms with E-state index in [9.17, 15) is 4.39 Å². The van der Waals surface area contributed by atoms with Crippen molar-refractivity contribution in [3.8, 4) is 11.8 Å². The SMILES string of the molecule is CC(N)c1ccccc1OCc1cccc(C#N)c1F. The van der Waals surface area contributed by atoms with Crippen LogP contribution < -0.4 is 10.5 Å². The molecule has 0 amide bonds. The van der Waals surface area contributed by atoms with Gasteiger partial charge in [-0.25, -0.2) is 4.39 Å². The predicted octanol–water partition coefficient (Wildman–Crippen LogP) is 3.30. The molecule has 3 nitrogen and oxygen atoms in total. The van der Waals surface area contributed by atoms with Crippen molar-refractivity contribution in [1.29, 1.82) is 5.26 Å². The summed E-state index contributed by atoms with van der Waals surface area (Å²) in [5.74, 6) is 0.0949. The second-order valence-electron chi connectivity index (χ2n) is 4.51. The Morgan fingerprint density at radius 3 is 2.70 bits per heavy atom. The van der Waals surface area contributed by atoms with Crippen molar-refractivity contribution in [2.45, 2.75) is 19.6 Å². The van der Waals surface area contributed by atoms with E-state index >= 15 is 0 Å². The van der Waals surface area contributed by atoms with Gasteiger partial charge in [0.05, 0.1) is 5.56 Å². The number of rotatable bonds is 4. The Hall–Kier alpha value is -2.38. The highest BCUT2D eigenvalue weighted by Gasteiger charge is 2.10. The molecule has 20 heavy (non-hydrogen) atoms. The van der Waals surface area contributed by atoms with Crippen molar-refractivity contribution in [2.75, 3.05) is 0 Å². The first-order valence-electron chi connectivity index (χ1n) is 6.28. The molecule has 0 aliphatic heterocycles. The number of halogens is 1. The van der Waals surface area contributed by atoms with Crippen LogP contribution in [0.4, 0.5) is 4.39 Å². The third-order valence-electron chi connectivity index (χ3n) is 2.99. The molecule has 0 heterocycles. The molecule has 2 aromatic rings. The number of nitriles is 1. The second-order valence-corrected chi connectivity index (χ2v) is 4.51. The van der Waals surface area contributed by atoms with E-state index in [1.54, 1.807) is 18.2 Å². The van der Waals surface area contributed by atoms with Gasteiger partial charge in [-0.15, -0.1) is 0 Å². The van der Waals surface area contributed by atoms with Gasteiger partial charge in [0, 0.05) is 17.2 Å². The second kappa shape index (κ2) is 6.18. The zero-order chi connectivity index (χ0) is 14.5. The van der Waals surface area contributed by atoms with Crippen LogP contribution in [0.25, 0.3) is 0 Å². The largest absolute Gasteiger partial charge is 0.488 e. The lowest BCUT2D eigenvalue weighted by Gasteiger charge is -2.14. The molecule has 0 fully saturated rings. The Morgan fingerprint density at radius 1 is 1.25 bits per heavy atom. The molecule has 0 aliphatic rings. The van der Waals surface area contributed by atoms with Gasteiger partial charge in [-0.05, 0) is 19.1 Å². The van der Waals surface area contributed by atoms with Gasteiger partial charge >= 0.3 is 0 Å². The van der Waals surface area contributed by atoms with Crippen LogP contribution in [-0.2, 0) is 6.61 Å². The van der Waals surface area contributed by atoms with Gasteiger partial charge in [0.1, 0.15) is 24.2 Å². The van der Waals surface area contributed by atoms with E-state index in [2.05, 4.69) is 0 Å². The van der Waals surface area contributed by atoms with E-state index in [1.807, 2.05) is 31.2 Å². The minimum absolute atomic E-state index is 0.0200. The van der Waals surface area contributed by atoms with Gasteiger partial charge in [0.25, 0.3) is 0 Å². The summed E-state index contributed by atoms with van der Waals surface area (Å²) < 4.78 is 19.5. The highest BCUT2D eigenvalue weighted by molar-refractivity contribution is 5.37. The van der Waals surface area contributed by atoms with Crippen LogP contribution in [0, 0.1) is 17.1 Å². The zero-order valence-corrected chi connectivity index (χ0v) is 11.1. The molecule has 0 bridgehead atoms. The van der Waals surface area contributed by atoms with Crippen LogP contribution in [0.1, 0.15) is 29.7 Å². The van der Waals surface area contributed by atoms with Crippen molar-refractivity contribution < 1.29 is 9.13 Å². The highest BCUT2D eigenvalue weighted by Crippen LogP contribution is 2.24. The van der Waals surface area contributed by atoms with Gasteiger partial charge < -0.3 is 10.5 Å². The summed E-state index contributed by atoms with van der Waals surface area (Å²) in [6, 6.07) is 13.7. The van der Waals surface area contributed by atoms with Crippen LogP contribution in [0.5, 0.6) is 5.75 Å². The smallest absolute Gasteiger partial charge is 0.147 e. The maximum Gasteiger partial charge on any atom is 0.147 e. The van der Waals surface area contributed by atoms with Crippen LogP contribution in [0.2, 0.25) is 0 Å². The van der Waals surface area contributed by atoms with Gasteiger partial charge in [0.2, 0.25) is 0 Å². The lowest BCUT2D eigenvalue weighted by Crippen LogP contribution is -2.08. The number of nitrogens with zero attached hydrogens (tertiary/aromatic N) is 1. The molecule has 102 valence electrons. The summed E-state index contributed by atoms with van der Waals surface area (Å²) in [5.41, 5.74) is 7.10. The molecule has 2 N–H and O–H groups in total. The van der Waals surface area contributed by atoms with E-state index in [4.69, 9.17) is 15.7 Å². The summed E-state index contributed by atoms with van der Waals surface area (Å²) in [5, 5.41) is 8.80. The summed E-state index contributed by atoms with van der Waals surface area (Å²) in [7, 11) is 0. The van der Waals surface area contributed by atoms with Crippen molar-refractivity contribution >= 4 is 0 Å². The first-order valence-corrected chi connectivity index (χ1v) is 6.28. The van der Waals surface area contributed by atoms with Gasteiger partial charge in [-0.3, -0.25) is 0 Å². The quantitative estimate of drug-likeness (QED) is 0.927. The number of ether oxygens (including phenoxy) is 1. The van der Waals surface area contributed by atoms with E-state index < -0.39 is 5.82 Å². The number of hydrogen-bond donors (Lipinski definition) is 1. The van der Waals surface area contributed by atoms with Crippen molar-refractivity contribution in [2.24, 2.45) is 5.73 Å². The summed E-state index contributed by atoms with van der Waals surface area (Å²) in [4.78, 5) is 0. The number of nitrogens with two attached hydrogens (primary N) is 1. The van der Waals surface area contributed by atoms with E-state index in [0.29, 0.717) is 11.3 Å². The van der Waals surface area contributed by atoms with Crippen molar-refractivity contribution in [3.05, 3.63) is 65.0 Å². The predicted molar refractivity (Wildman–Crippen MR) is 74.5 cm³/mol. The molecule has 0 spiro atoms. The van der Waals surface area contributed by atoms with Gasteiger partial charge in [-0.1, -0.05) is 30.3 Å². The minimum Gasteiger partial charge on any atom is -0.488 e. The van der Waals surface area contributed by atoms with Crippen LogP contribution in [0.3, 0.4) is 0 Å². The molecule has 0 saturated carbocycles. The summed E-state index contributed by atoms with van der Waals surface area (Å²) in [6.07, 6.45) is 0. The molecule has 0 aromatic heterocycles. The fourth-order valence-electron chi connectivity index (χ4n) is 1.92. The first-order chi connectivity index (χ1) is 9.63. The fraction of sp³-hybridized carbons (Fsp3) is 0.188. The zero-order valence-electron chi connectivity index (χ0n) is 11.1. The Labute approximate surface area is 117 Å². The van der Waals surface area contributed by atoms with Gasteiger partial charge in [-0.2, -0.15) is 5.26 Å². The van der Waals surface area contributed by atoms with Crippen molar-refractivity contribution in [3.63, 3.8) is 0 Å². The molecule has 2 aromatic carbocycles. The fourth-order valence-corrected chi connectivity index (χ4v) is 1.92.